The van der Waals surface area contributed by atoms with Crippen LogP contribution < -0.4 is 5.32 Å². The van der Waals surface area contributed by atoms with Gasteiger partial charge in [0.15, 0.2) is 0 Å². The van der Waals surface area contributed by atoms with E-state index in [9.17, 15) is 4.79 Å². The molecule has 1 atom stereocenters. The Balaban J connectivity index is 1.91. The van der Waals surface area contributed by atoms with Crippen LogP contribution >= 0.6 is 0 Å². The molecule has 1 aromatic rings. The average molecular weight is 278 g/mol. The molecular formula is C15H22N2O3. The van der Waals surface area contributed by atoms with E-state index in [1.807, 2.05) is 0 Å². The van der Waals surface area contributed by atoms with Gasteiger partial charge in [0.05, 0.1) is 19.8 Å². The smallest absolute Gasteiger partial charge is 0.317 e. The largest absolute Gasteiger partial charge is 0.383 e. The molecule has 5 heteroatoms. The Morgan fingerprint density at radius 1 is 1.45 bits per heavy atom. The Morgan fingerprint density at radius 2 is 2.20 bits per heavy atom. The predicted molar refractivity (Wildman–Crippen MR) is 76.7 cm³/mol. The summed E-state index contributed by atoms with van der Waals surface area (Å²) in [5, 5.41) is 2.84. The molecule has 2 rings (SSSR count). The quantitative estimate of drug-likeness (QED) is 0.853. The maximum absolute atomic E-state index is 12.0. The average Bonchev–Trinajstić information content (AvgIpc) is 2.48. The summed E-state index contributed by atoms with van der Waals surface area (Å²) in [5.41, 5.74) is 2.34. The number of amides is 2. The first-order valence-corrected chi connectivity index (χ1v) is 6.90. The molecular weight excluding hydrogens is 256 g/mol. The molecule has 110 valence electrons. The molecule has 20 heavy (non-hydrogen) atoms. The normalized spacial score (nSPS) is 18.9. The van der Waals surface area contributed by atoms with Crippen LogP contribution in [0, 0.1) is 6.92 Å². The van der Waals surface area contributed by atoms with E-state index in [4.69, 9.17) is 9.47 Å². The number of morpholine rings is 1. The van der Waals surface area contributed by atoms with Crippen LogP contribution in [0.1, 0.15) is 17.2 Å². The lowest BCUT2D eigenvalue weighted by molar-refractivity contribution is -0.0155. The van der Waals surface area contributed by atoms with Crippen LogP contribution in [0.4, 0.5) is 4.79 Å². The van der Waals surface area contributed by atoms with Gasteiger partial charge in [-0.2, -0.15) is 0 Å². The van der Waals surface area contributed by atoms with Crippen molar-refractivity contribution < 1.29 is 14.3 Å². The summed E-state index contributed by atoms with van der Waals surface area (Å²) in [4.78, 5) is 13.8. The van der Waals surface area contributed by atoms with Crippen molar-refractivity contribution in [2.45, 2.75) is 13.0 Å². The second kappa shape index (κ2) is 7.26. The van der Waals surface area contributed by atoms with Gasteiger partial charge < -0.3 is 19.7 Å². The second-order valence-electron chi connectivity index (χ2n) is 4.94. The Hall–Kier alpha value is -1.59. The fourth-order valence-electron chi connectivity index (χ4n) is 2.19. The molecule has 0 saturated carbocycles. The minimum absolute atomic E-state index is 0.0440. The number of hydrogen-bond donors (Lipinski definition) is 1. The molecule has 5 nitrogen and oxygen atoms in total. The summed E-state index contributed by atoms with van der Waals surface area (Å²) >= 11 is 0. The van der Waals surface area contributed by atoms with Crippen molar-refractivity contribution in [1.82, 2.24) is 10.2 Å². The fourth-order valence-corrected chi connectivity index (χ4v) is 2.19. The van der Waals surface area contributed by atoms with E-state index in [-0.39, 0.29) is 12.1 Å². The van der Waals surface area contributed by atoms with E-state index in [1.54, 1.807) is 12.0 Å². The van der Waals surface area contributed by atoms with E-state index >= 15 is 0 Å². The highest BCUT2D eigenvalue weighted by Gasteiger charge is 2.25. The molecule has 1 aliphatic rings. The topological polar surface area (TPSA) is 50.8 Å². The third kappa shape index (κ3) is 3.95. The van der Waals surface area contributed by atoms with E-state index in [1.165, 1.54) is 5.56 Å². The van der Waals surface area contributed by atoms with Crippen molar-refractivity contribution >= 4 is 6.03 Å². The number of carbonyl (C=O) groups excluding carboxylic acids is 1. The van der Waals surface area contributed by atoms with Gasteiger partial charge >= 0.3 is 6.03 Å². The van der Waals surface area contributed by atoms with Gasteiger partial charge in [-0.1, -0.05) is 29.8 Å². The summed E-state index contributed by atoms with van der Waals surface area (Å²) in [5.74, 6) is 0. The first-order valence-electron chi connectivity index (χ1n) is 6.90. The van der Waals surface area contributed by atoms with Gasteiger partial charge in [0.25, 0.3) is 0 Å². The number of ether oxygens (including phenoxy) is 2. The third-order valence-electron chi connectivity index (χ3n) is 3.39. The molecule has 2 amide bonds. The Kier molecular flexibility index (Phi) is 5.38. The molecule has 1 fully saturated rings. The van der Waals surface area contributed by atoms with Crippen molar-refractivity contribution in [2.75, 3.05) is 40.0 Å². The monoisotopic (exact) mass is 278 g/mol. The SMILES string of the molecule is COCCNC(=O)N1CCOC(c2ccc(C)cc2)C1. The minimum Gasteiger partial charge on any atom is -0.383 e. The Labute approximate surface area is 119 Å². The molecule has 1 saturated heterocycles. The number of nitrogens with one attached hydrogen (secondary N) is 1. The summed E-state index contributed by atoms with van der Waals surface area (Å²) in [6.45, 7) is 4.89. The number of urea groups is 1. The van der Waals surface area contributed by atoms with Crippen molar-refractivity contribution in [3.8, 4) is 0 Å². The molecule has 1 aromatic carbocycles. The summed E-state index contributed by atoms with van der Waals surface area (Å²) in [6.07, 6.45) is -0.0440. The first-order chi connectivity index (χ1) is 9.70. The van der Waals surface area contributed by atoms with Crippen LogP contribution in [0.2, 0.25) is 0 Å². The second-order valence-corrected chi connectivity index (χ2v) is 4.94. The lowest BCUT2D eigenvalue weighted by Crippen LogP contribution is -2.47. The highest BCUT2D eigenvalue weighted by Crippen LogP contribution is 2.22. The van der Waals surface area contributed by atoms with Gasteiger partial charge in [-0.3, -0.25) is 0 Å². The lowest BCUT2D eigenvalue weighted by Gasteiger charge is -2.33. The Morgan fingerprint density at radius 3 is 2.90 bits per heavy atom. The van der Waals surface area contributed by atoms with Gasteiger partial charge in [0.2, 0.25) is 0 Å². The van der Waals surface area contributed by atoms with Crippen LogP contribution in [0.15, 0.2) is 24.3 Å². The number of methoxy groups -OCH3 is 1. The first kappa shape index (κ1) is 14.8. The zero-order valence-electron chi connectivity index (χ0n) is 12.1. The van der Waals surface area contributed by atoms with Gasteiger partial charge in [0.1, 0.15) is 6.10 Å². The van der Waals surface area contributed by atoms with Crippen molar-refractivity contribution in [1.29, 1.82) is 0 Å². The van der Waals surface area contributed by atoms with E-state index in [0.29, 0.717) is 32.8 Å². The molecule has 0 spiro atoms. The lowest BCUT2D eigenvalue weighted by atomic mass is 10.1. The van der Waals surface area contributed by atoms with Gasteiger partial charge in [0, 0.05) is 20.2 Å². The van der Waals surface area contributed by atoms with E-state index < -0.39 is 0 Å². The summed E-state index contributed by atoms with van der Waals surface area (Å²) in [6, 6.07) is 8.20. The van der Waals surface area contributed by atoms with Crippen LogP contribution in [-0.4, -0.2) is 50.9 Å². The highest BCUT2D eigenvalue weighted by molar-refractivity contribution is 5.74. The van der Waals surface area contributed by atoms with Crippen molar-refractivity contribution in [3.05, 3.63) is 35.4 Å². The van der Waals surface area contributed by atoms with Crippen LogP contribution in [0.5, 0.6) is 0 Å². The highest BCUT2D eigenvalue weighted by atomic mass is 16.5. The number of nitrogens with zero attached hydrogens (tertiary/aromatic N) is 1. The fraction of sp³-hybridized carbons (Fsp3) is 0.533. The summed E-state index contributed by atoms with van der Waals surface area (Å²) in [7, 11) is 1.62. The molecule has 1 N–H and O–H groups in total. The van der Waals surface area contributed by atoms with Crippen molar-refractivity contribution in [2.24, 2.45) is 0 Å². The minimum atomic E-state index is -0.0533. The van der Waals surface area contributed by atoms with E-state index in [0.717, 1.165) is 5.56 Å². The van der Waals surface area contributed by atoms with Crippen LogP contribution in [-0.2, 0) is 9.47 Å². The molecule has 1 heterocycles. The van der Waals surface area contributed by atoms with Crippen LogP contribution in [0.25, 0.3) is 0 Å². The molecule has 0 bridgehead atoms. The molecule has 0 aromatic heterocycles. The summed E-state index contributed by atoms with van der Waals surface area (Å²) < 4.78 is 10.7. The van der Waals surface area contributed by atoms with Crippen LogP contribution in [0.3, 0.4) is 0 Å². The zero-order valence-corrected chi connectivity index (χ0v) is 12.1. The maximum Gasteiger partial charge on any atom is 0.317 e. The van der Waals surface area contributed by atoms with Crippen molar-refractivity contribution in [3.63, 3.8) is 0 Å². The van der Waals surface area contributed by atoms with E-state index in [2.05, 4.69) is 36.5 Å². The number of hydrogen-bond acceptors (Lipinski definition) is 3. The number of aryl methyl sites for hydroxylation is 1. The Bertz CT molecular complexity index is 433. The molecule has 0 aliphatic carbocycles. The molecule has 0 radical (unpaired) electrons. The van der Waals surface area contributed by atoms with Gasteiger partial charge in [-0.15, -0.1) is 0 Å². The number of carbonyl (C=O) groups is 1. The molecule has 1 unspecified atom stereocenters. The van der Waals surface area contributed by atoms with Gasteiger partial charge in [-0.25, -0.2) is 4.79 Å². The maximum atomic E-state index is 12.0. The third-order valence-corrected chi connectivity index (χ3v) is 3.39. The standard InChI is InChI=1S/C15H22N2O3/c1-12-3-5-13(6-4-12)14-11-17(8-10-20-14)15(18)16-7-9-19-2/h3-6,14H,7-11H2,1-2H3,(H,16,18). The zero-order chi connectivity index (χ0) is 14.4. The molecule has 1 aliphatic heterocycles. The number of benzene rings is 1. The van der Waals surface area contributed by atoms with Gasteiger partial charge in [-0.05, 0) is 12.5 Å². The predicted octanol–water partition coefficient (Wildman–Crippen LogP) is 1.72. The number of rotatable bonds is 4.